The molecule has 0 fully saturated rings. The van der Waals surface area contributed by atoms with Crippen molar-refractivity contribution >= 4 is 11.4 Å². The van der Waals surface area contributed by atoms with Crippen LogP contribution in [0.1, 0.15) is 13.8 Å². The molecule has 1 aliphatic rings. The lowest BCUT2D eigenvalue weighted by Gasteiger charge is -2.37. The van der Waals surface area contributed by atoms with Gasteiger partial charge >= 0.3 is 0 Å². The van der Waals surface area contributed by atoms with Gasteiger partial charge in [-0.3, -0.25) is 0 Å². The molecule has 2 N–H and O–H groups in total. The van der Waals surface area contributed by atoms with Crippen molar-refractivity contribution in [1.82, 2.24) is 5.32 Å². The van der Waals surface area contributed by atoms with Crippen LogP contribution in [-0.2, 0) is 0 Å². The highest BCUT2D eigenvalue weighted by atomic mass is 15.2. The van der Waals surface area contributed by atoms with Crippen molar-refractivity contribution in [2.75, 3.05) is 36.9 Å². The van der Waals surface area contributed by atoms with Gasteiger partial charge in [-0.05, 0) is 33.0 Å². The topological polar surface area (TPSA) is 27.3 Å². The summed E-state index contributed by atoms with van der Waals surface area (Å²) in [5.41, 5.74) is 2.71. The second kappa shape index (κ2) is 4.34. The van der Waals surface area contributed by atoms with Crippen molar-refractivity contribution < 1.29 is 0 Å². The van der Waals surface area contributed by atoms with E-state index in [1.54, 1.807) is 0 Å². The van der Waals surface area contributed by atoms with E-state index in [0.717, 1.165) is 19.6 Å². The maximum absolute atomic E-state index is 3.43. The molecule has 2 rings (SSSR count). The summed E-state index contributed by atoms with van der Waals surface area (Å²) < 4.78 is 0. The average Bonchev–Trinajstić information content (AvgIpc) is 2.29. The smallest absolute Gasteiger partial charge is 0.0603 e. The number of nitrogens with zero attached hydrogens (tertiary/aromatic N) is 1. The molecule has 0 aliphatic carbocycles. The predicted octanol–water partition coefficient (Wildman–Crippen LogP) is 1.92. The van der Waals surface area contributed by atoms with E-state index < -0.39 is 0 Å². The number of nitrogens with one attached hydrogen (secondary N) is 2. The monoisotopic (exact) mass is 219 g/mol. The van der Waals surface area contributed by atoms with Gasteiger partial charge in [-0.25, -0.2) is 0 Å². The Morgan fingerprint density at radius 2 is 2.12 bits per heavy atom. The first-order valence-corrected chi connectivity index (χ1v) is 5.89. The van der Waals surface area contributed by atoms with Crippen LogP contribution in [0.4, 0.5) is 11.4 Å². The van der Waals surface area contributed by atoms with Crippen LogP contribution in [0.3, 0.4) is 0 Å². The van der Waals surface area contributed by atoms with E-state index in [1.165, 1.54) is 11.4 Å². The molecule has 1 heterocycles. The van der Waals surface area contributed by atoms with Gasteiger partial charge in [-0.1, -0.05) is 12.1 Å². The molecule has 3 nitrogen and oxygen atoms in total. The highest BCUT2D eigenvalue weighted by molar-refractivity contribution is 5.72. The molecule has 0 bridgehead atoms. The van der Waals surface area contributed by atoms with E-state index in [1.807, 2.05) is 7.05 Å². The fourth-order valence-corrected chi connectivity index (χ4v) is 2.07. The summed E-state index contributed by atoms with van der Waals surface area (Å²) in [4.78, 5) is 2.45. The third kappa shape index (κ3) is 2.30. The van der Waals surface area contributed by atoms with Gasteiger partial charge in [0.05, 0.1) is 11.4 Å². The number of hydrogen-bond donors (Lipinski definition) is 2. The van der Waals surface area contributed by atoms with Crippen LogP contribution in [0.25, 0.3) is 0 Å². The van der Waals surface area contributed by atoms with Gasteiger partial charge in [-0.15, -0.1) is 0 Å². The lowest BCUT2D eigenvalue weighted by Crippen LogP contribution is -2.49. The van der Waals surface area contributed by atoms with Gasteiger partial charge in [0.2, 0.25) is 0 Å². The largest absolute Gasteiger partial charge is 0.382 e. The van der Waals surface area contributed by atoms with Crippen molar-refractivity contribution in [2.24, 2.45) is 0 Å². The van der Waals surface area contributed by atoms with E-state index in [2.05, 4.69) is 53.6 Å². The molecule has 0 unspecified atom stereocenters. The van der Waals surface area contributed by atoms with Gasteiger partial charge in [-0.2, -0.15) is 0 Å². The molecule has 1 aromatic carbocycles. The summed E-state index contributed by atoms with van der Waals surface area (Å²) in [6.07, 6.45) is 0. The number of fused-ring (bicyclic) bond motifs is 1. The summed E-state index contributed by atoms with van der Waals surface area (Å²) in [7, 11) is 2.02. The van der Waals surface area contributed by atoms with Crippen molar-refractivity contribution in [3.63, 3.8) is 0 Å². The Balaban J connectivity index is 2.19. The molecule has 16 heavy (non-hydrogen) atoms. The zero-order chi connectivity index (χ0) is 11.6. The molecule has 1 aromatic rings. The molecular formula is C13H21N3. The molecule has 0 spiro atoms. The molecule has 0 saturated heterocycles. The number of rotatable bonds is 3. The van der Waals surface area contributed by atoms with Crippen LogP contribution in [0.15, 0.2) is 24.3 Å². The third-order valence-corrected chi connectivity index (χ3v) is 3.20. The van der Waals surface area contributed by atoms with Gasteiger partial charge in [0.15, 0.2) is 0 Å². The van der Waals surface area contributed by atoms with Crippen LogP contribution in [0, 0.1) is 0 Å². The molecule has 0 saturated carbocycles. The van der Waals surface area contributed by atoms with Gasteiger partial charge in [0.1, 0.15) is 0 Å². The number of hydrogen-bond acceptors (Lipinski definition) is 3. The Bertz CT molecular complexity index is 360. The molecular weight excluding hydrogens is 198 g/mol. The molecule has 0 atom stereocenters. The molecule has 0 aromatic heterocycles. The lowest BCUT2D eigenvalue weighted by atomic mass is 10.0. The first kappa shape index (κ1) is 11.3. The minimum absolute atomic E-state index is 0.143. The Kier molecular flexibility index (Phi) is 3.06. The fourth-order valence-electron chi connectivity index (χ4n) is 2.07. The third-order valence-electron chi connectivity index (χ3n) is 3.20. The zero-order valence-electron chi connectivity index (χ0n) is 10.4. The van der Waals surface area contributed by atoms with Crippen molar-refractivity contribution in [3.8, 4) is 0 Å². The van der Waals surface area contributed by atoms with Crippen LogP contribution in [-0.4, -0.2) is 32.2 Å². The van der Waals surface area contributed by atoms with Crippen LogP contribution in [0.2, 0.25) is 0 Å². The molecule has 3 heteroatoms. The maximum atomic E-state index is 3.43. The van der Waals surface area contributed by atoms with Crippen LogP contribution in [0.5, 0.6) is 0 Å². The number of para-hydroxylation sites is 2. The normalized spacial score (nSPS) is 15.6. The van der Waals surface area contributed by atoms with Gasteiger partial charge in [0, 0.05) is 25.2 Å². The number of benzene rings is 1. The molecule has 1 aliphatic heterocycles. The van der Waals surface area contributed by atoms with E-state index in [-0.39, 0.29) is 5.54 Å². The van der Waals surface area contributed by atoms with Gasteiger partial charge < -0.3 is 15.5 Å². The summed E-state index contributed by atoms with van der Waals surface area (Å²) in [6.45, 7) is 7.59. The Labute approximate surface area is 97.8 Å². The lowest BCUT2D eigenvalue weighted by molar-refractivity contribution is 0.420. The number of anilines is 2. The SMILES string of the molecule is CNC(C)(C)CN1CCNc2ccccc21. The van der Waals surface area contributed by atoms with E-state index in [9.17, 15) is 0 Å². The summed E-state index contributed by atoms with van der Waals surface area (Å²) in [5.74, 6) is 0. The second-order valence-corrected chi connectivity index (χ2v) is 5.00. The first-order valence-electron chi connectivity index (χ1n) is 5.89. The highest BCUT2D eigenvalue weighted by Crippen LogP contribution is 2.29. The highest BCUT2D eigenvalue weighted by Gasteiger charge is 2.23. The average molecular weight is 219 g/mol. The summed E-state index contributed by atoms with van der Waals surface area (Å²) in [6, 6.07) is 8.52. The van der Waals surface area contributed by atoms with Crippen molar-refractivity contribution in [3.05, 3.63) is 24.3 Å². The minimum atomic E-state index is 0.143. The molecule has 0 amide bonds. The van der Waals surface area contributed by atoms with E-state index in [4.69, 9.17) is 0 Å². The van der Waals surface area contributed by atoms with Crippen molar-refractivity contribution in [2.45, 2.75) is 19.4 Å². The van der Waals surface area contributed by atoms with Gasteiger partial charge in [0.25, 0.3) is 0 Å². The van der Waals surface area contributed by atoms with E-state index in [0.29, 0.717) is 0 Å². The molecule has 0 radical (unpaired) electrons. The second-order valence-electron chi connectivity index (χ2n) is 5.00. The Morgan fingerprint density at radius 3 is 2.88 bits per heavy atom. The Morgan fingerprint density at radius 1 is 1.38 bits per heavy atom. The molecule has 88 valence electrons. The zero-order valence-corrected chi connectivity index (χ0v) is 10.4. The minimum Gasteiger partial charge on any atom is -0.382 e. The van der Waals surface area contributed by atoms with Crippen LogP contribution < -0.4 is 15.5 Å². The quantitative estimate of drug-likeness (QED) is 0.813. The Hall–Kier alpha value is -1.22. The number of likely N-dealkylation sites (N-methyl/N-ethyl adjacent to an activating group) is 1. The first-order chi connectivity index (χ1) is 7.62. The van der Waals surface area contributed by atoms with Crippen molar-refractivity contribution in [1.29, 1.82) is 0 Å². The fraction of sp³-hybridized carbons (Fsp3) is 0.538. The maximum Gasteiger partial charge on any atom is 0.0603 e. The van der Waals surface area contributed by atoms with Crippen LogP contribution >= 0.6 is 0 Å². The summed E-state index contributed by atoms with van der Waals surface area (Å²) >= 11 is 0. The van der Waals surface area contributed by atoms with E-state index >= 15 is 0 Å². The predicted molar refractivity (Wildman–Crippen MR) is 70.3 cm³/mol. The standard InChI is InChI=1S/C13H21N3/c1-13(2,14-3)10-16-9-8-15-11-6-4-5-7-12(11)16/h4-7,14-15H,8-10H2,1-3H3. The summed E-state index contributed by atoms with van der Waals surface area (Å²) in [5, 5.41) is 6.79.